The summed E-state index contributed by atoms with van der Waals surface area (Å²) in [7, 11) is -3.78. The minimum Gasteiger partial charge on any atom is -0.481 e. The molecule has 0 aliphatic rings. The first-order chi connectivity index (χ1) is 11.3. The van der Waals surface area contributed by atoms with Crippen LogP contribution in [0.2, 0.25) is 0 Å². The van der Waals surface area contributed by atoms with Gasteiger partial charge in [-0.05, 0) is 43.2 Å². The van der Waals surface area contributed by atoms with Crippen LogP contribution in [0.25, 0.3) is 0 Å². The molecule has 2 N–H and O–H groups in total. The highest BCUT2D eigenvalue weighted by molar-refractivity contribution is 7.92. The van der Waals surface area contributed by atoms with E-state index >= 15 is 0 Å². The van der Waals surface area contributed by atoms with Gasteiger partial charge in [0.05, 0.1) is 4.90 Å². The van der Waals surface area contributed by atoms with Crippen LogP contribution in [0.15, 0.2) is 53.4 Å². The first-order valence-corrected chi connectivity index (χ1v) is 8.71. The highest BCUT2D eigenvalue weighted by atomic mass is 32.2. The Morgan fingerprint density at radius 2 is 1.75 bits per heavy atom. The lowest BCUT2D eigenvalue weighted by atomic mass is 10.1. The number of aliphatic carboxylic acids is 1. The van der Waals surface area contributed by atoms with Crippen molar-refractivity contribution in [2.24, 2.45) is 0 Å². The number of carboxylic acids is 1. The molecule has 0 aromatic heterocycles. The Kier molecular flexibility index (Phi) is 5.35. The summed E-state index contributed by atoms with van der Waals surface area (Å²) in [4.78, 5) is 22.0. The minimum absolute atomic E-state index is 0.0117. The van der Waals surface area contributed by atoms with Crippen LogP contribution < -0.4 is 4.72 Å². The molecule has 6 nitrogen and oxygen atoms in total. The fraction of sp³-hybridized carbons (Fsp3) is 0.176. The molecule has 0 amide bonds. The topological polar surface area (TPSA) is 101 Å². The summed E-state index contributed by atoms with van der Waals surface area (Å²) in [6.45, 7) is 1.41. The molecule has 0 aliphatic heterocycles. The number of anilines is 1. The SMILES string of the molecule is CC(=O)c1cccc(NS(=O)(=O)c2ccc(CCC(=O)O)cc2)c1. The number of hydrogen-bond acceptors (Lipinski definition) is 4. The van der Waals surface area contributed by atoms with Gasteiger partial charge in [0, 0.05) is 17.7 Å². The van der Waals surface area contributed by atoms with E-state index in [1.165, 1.54) is 25.1 Å². The molecular formula is C17H17NO5S. The molecule has 0 spiro atoms. The molecule has 0 saturated carbocycles. The molecule has 0 bridgehead atoms. The Bertz CT molecular complexity index is 857. The van der Waals surface area contributed by atoms with Gasteiger partial charge in [0.25, 0.3) is 10.0 Å². The lowest BCUT2D eigenvalue weighted by Gasteiger charge is -2.09. The van der Waals surface area contributed by atoms with E-state index in [0.29, 0.717) is 17.7 Å². The van der Waals surface area contributed by atoms with Crippen molar-refractivity contribution in [1.82, 2.24) is 0 Å². The summed E-state index contributed by atoms with van der Waals surface area (Å²) in [6.07, 6.45) is 0.325. The fourth-order valence-corrected chi connectivity index (χ4v) is 3.15. The van der Waals surface area contributed by atoms with E-state index < -0.39 is 16.0 Å². The predicted molar refractivity (Wildman–Crippen MR) is 89.7 cm³/mol. The molecule has 0 atom stereocenters. The van der Waals surface area contributed by atoms with Crippen LogP contribution in [0.1, 0.15) is 29.3 Å². The molecule has 2 aromatic carbocycles. The van der Waals surface area contributed by atoms with Gasteiger partial charge in [0.1, 0.15) is 0 Å². The van der Waals surface area contributed by atoms with E-state index in [4.69, 9.17) is 5.11 Å². The number of carboxylic acid groups (broad SMARTS) is 1. The number of carbonyl (C=O) groups is 2. The van der Waals surface area contributed by atoms with Crippen molar-refractivity contribution in [3.05, 3.63) is 59.7 Å². The number of Topliss-reactive ketones (excluding diaryl/α,β-unsaturated/α-hetero) is 1. The quantitative estimate of drug-likeness (QED) is 0.750. The van der Waals surface area contributed by atoms with Gasteiger partial charge in [-0.25, -0.2) is 8.42 Å². The van der Waals surface area contributed by atoms with Gasteiger partial charge < -0.3 is 5.11 Å². The number of aryl methyl sites for hydroxylation is 1. The van der Waals surface area contributed by atoms with E-state index in [2.05, 4.69) is 4.72 Å². The van der Waals surface area contributed by atoms with Crippen LogP contribution in [0, 0.1) is 0 Å². The van der Waals surface area contributed by atoms with Crippen LogP contribution in [-0.4, -0.2) is 25.3 Å². The predicted octanol–water partition coefficient (Wildman–Crippen LogP) is 2.71. The van der Waals surface area contributed by atoms with Gasteiger partial charge in [-0.3, -0.25) is 14.3 Å². The number of sulfonamides is 1. The second-order valence-corrected chi connectivity index (χ2v) is 6.96. The smallest absolute Gasteiger partial charge is 0.303 e. The van der Waals surface area contributed by atoms with E-state index in [-0.39, 0.29) is 17.1 Å². The van der Waals surface area contributed by atoms with Crippen molar-refractivity contribution in [2.45, 2.75) is 24.7 Å². The third kappa shape index (κ3) is 4.66. The summed E-state index contributed by atoms with van der Waals surface area (Å²) in [5.74, 6) is -1.06. The fourth-order valence-electron chi connectivity index (χ4n) is 2.10. The third-order valence-corrected chi connectivity index (χ3v) is 4.78. The Balaban J connectivity index is 2.16. The third-order valence-electron chi connectivity index (χ3n) is 3.38. The number of hydrogen-bond donors (Lipinski definition) is 2. The van der Waals surface area contributed by atoms with Gasteiger partial charge in [-0.2, -0.15) is 0 Å². The molecule has 0 radical (unpaired) electrons. The summed E-state index contributed by atoms with van der Waals surface area (Å²) < 4.78 is 27.2. The first-order valence-electron chi connectivity index (χ1n) is 7.22. The molecule has 24 heavy (non-hydrogen) atoms. The molecule has 2 rings (SSSR count). The maximum Gasteiger partial charge on any atom is 0.303 e. The van der Waals surface area contributed by atoms with E-state index in [1.54, 1.807) is 30.3 Å². The van der Waals surface area contributed by atoms with Gasteiger partial charge in [0.2, 0.25) is 0 Å². The molecule has 2 aromatic rings. The number of ketones is 1. The minimum atomic E-state index is -3.78. The van der Waals surface area contributed by atoms with Gasteiger partial charge in [0.15, 0.2) is 5.78 Å². The number of benzene rings is 2. The standard InChI is InChI=1S/C17H17NO5S/c1-12(19)14-3-2-4-15(11-14)18-24(22,23)16-8-5-13(6-9-16)7-10-17(20)21/h2-6,8-9,11,18H,7,10H2,1H3,(H,20,21). The summed E-state index contributed by atoms with van der Waals surface area (Å²) in [5.41, 5.74) is 1.46. The summed E-state index contributed by atoms with van der Waals surface area (Å²) in [6, 6.07) is 12.3. The summed E-state index contributed by atoms with van der Waals surface area (Å²) in [5, 5.41) is 8.65. The van der Waals surface area contributed by atoms with Crippen LogP contribution in [0.4, 0.5) is 5.69 Å². The number of nitrogens with one attached hydrogen (secondary N) is 1. The maximum atomic E-state index is 12.4. The van der Waals surface area contributed by atoms with Gasteiger partial charge in [-0.1, -0.05) is 24.3 Å². The molecule has 0 aliphatic carbocycles. The second-order valence-electron chi connectivity index (χ2n) is 5.28. The van der Waals surface area contributed by atoms with Crippen molar-refractivity contribution in [3.63, 3.8) is 0 Å². The van der Waals surface area contributed by atoms with E-state index in [9.17, 15) is 18.0 Å². The molecule has 0 heterocycles. The van der Waals surface area contributed by atoms with E-state index in [0.717, 1.165) is 5.56 Å². The Morgan fingerprint density at radius 3 is 2.33 bits per heavy atom. The molecule has 126 valence electrons. The zero-order chi connectivity index (χ0) is 17.7. The zero-order valence-electron chi connectivity index (χ0n) is 13.0. The average Bonchev–Trinajstić information content (AvgIpc) is 2.53. The molecule has 0 saturated heterocycles. The lowest BCUT2D eigenvalue weighted by Crippen LogP contribution is -2.13. The zero-order valence-corrected chi connectivity index (χ0v) is 13.8. The van der Waals surface area contributed by atoms with Gasteiger partial charge in [-0.15, -0.1) is 0 Å². The average molecular weight is 347 g/mol. The summed E-state index contributed by atoms with van der Waals surface area (Å²) >= 11 is 0. The van der Waals surface area contributed by atoms with Crippen molar-refractivity contribution in [1.29, 1.82) is 0 Å². The largest absolute Gasteiger partial charge is 0.481 e. The molecular weight excluding hydrogens is 330 g/mol. The molecule has 0 unspecified atom stereocenters. The van der Waals surface area contributed by atoms with Crippen molar-refractivity contribution in [2.75, 3.05) is 4.72 Å². The van der Waals surface area contributed by atoms with Crippen LogP contribution >= 0.6 is 0 Å². The normalized spacial score (nSPS) is 11.0. The Labute approximate surface area is 140 Å². The van der Waals surface area contributed by atoms with Gasteiger partial charge >= 0.3 is 5.97 Å². The Morgan fingerprint density at radius 1 is 1.08 bits per heavy atom. The van der Waals surface area contributed by atoms with Crippen LogP contribution in [-0.2, 0) is 21.2 Å². The maximum absolute atomic E-state index is 12.4. The lowest BCUT2D eigenvalue weighted by molar-refractivity contribution is -0.136. The first kappa shape index (κ1) is 17.7. The van der Waals surface area contributed by atoms with Crippen LogP contribution in [0.3, 0.4) is 0 Å². The number of rotatable bonds is 7. The number of carbonyl (C=O) groups excluding carboxylic acids is 1. The monoisotopic (exact) mass is 347 g/mol. The van der Waals surface area contributed by atoms with Crippen LogP contribution in [0.5, 0.6) is 0 Å². The molecule has 0 fully saturated rings. The Hall–Kier alpha value is -2.67. The van der Waals surface area contributed by atoms with Crippen molar-refractivity contribution < 1.29 is 23.1 Å². The van der Waals surface area contributed by atoms with Crippen molar-refractivity contribution in [3.8, 4) is 0 Å². The highest BCUT2D eigenvalue weighted by Gasteiger charge is 2.14. The highest BCUT2D eigenvalue weighted by Crippen LogP contribution is 2.18. The second kappa shape index (κ2) is 7.27. The van der Waals surface area contributed by atoms with E-state index in [1.807, 2.05) is 0 Å². The van der Waals surface area contributed by atoms with Crippen molar-refractivity contribution >= 4 is 27.5 Å². The molecule has 7 heteroatoms.